The van der Waals surface area contributed by atoms with Gasteiger partial charge in [-0.1, -0.05) is 30.7 Å². The number of methoxy groups -OCH3 is 2. The summed E-state index contributed by atoms with van der Waals surface area (Å²) in [7, 11) is 3.53. The summed E-state index contributed by atoms with van der Waals surface area (Å²) in [4.78, 5) is 5.15. The molecule has 5 nitrogen and oxygen atoms in total. The molecule has 0 amide bonds. The van der Waals surface area contributed by atoms with Gasteiger partial charge in [0.05, 0.1) is 14.2 Å². The summed E-state index contributed by atoms with van der Waals surface area (Å²) in [6, 6.07) is 22.2. The van der Waals surface area contributed by atoms with E-state index in [1.165, 1.54) is 73.1 Å². The van der Waals surface area contributed by atoms with E-state index in [1.54, 1.807) is 14.2 Å². The Kier molecular flexibility index (Phi) is 9.00. The lowest BCUT2D eigenvalue weighted by Crippen LogP contribution is -2.33. The van der Waals surface area contributed by atoms with Crippen molar-refractivity contribution in [3.8, 4) is 17.2 Å². The van der Waals surface area contributed by atoms with Crippen molar-refractivity contribution in [3.05, 3.63) is 82.9 Å². The molecule has 0 aromatic heterocycles. The molecular formula is C36H46N2O3. The van der Waals surface area contributed by atoms with Gasteiger partial charge in [-0.3, -0.25) is 4.90 Å². The maximum absolute atomic E-state index is 6.12. The zero-order chi connectivity index (χ0) is 28.0. The molecule has 1 atom stereocenters. The molecule has 41 heavy (non-hydrogen) atoms. The Morgan fingerprint density at radius 2 is 1.51 bits per heavy atom. The molecule has 5 heteroatoms. The van der Waals surface area contributed by atoms with Gasteiger partial charge in [-0.15, -0.1) is 0 Å². The van der Waals surface area contributed by atoms with Gasteiger partial charge in [0.15, 0.2) is 0 Å². The van der Waals surface area contributed by atoms with Crippen molar-refractivity contribution < 1.29 is 14.2 Å². The van der Waals surface area contributed by atoms with Crippen molar-refractivity contribution in [1.82, 2.24) is 4.90 Å². The van der Waals surface area contributed by atoms with Gasteiger partial charge < -0.3 is 19.1 Å². The molecule has 1 aliphatic heterocycles. The summed E-state index contributed by atoms with van der Waals surface area (Å²) >= 11 is 0. The average molecular weight is 555 g/mol. The number of piperidine rings is 1. The van der Waals surface area contributed by atoms with E-state index < -0.39 is 0 Å². The molecule has 0 N–H and O–H groups in total. The lowest BCUT2D eigenvalue weighted by atomic mass is 9.79. The van der Waals surface area contributed by atoms with Gasteiger partial charge in [0.25, 0.3) is 0 Å². The summed E-state index contributed by atoms with van der Waals surface area (Å²) in [5.74, 6) is 4.14. The first kappa shape index (κ1) is 28.0. The Balaban J connectivity index is 1.18. The Hall–Kier alpha value is -3.18. The van der Waals surface area contributed by atoms with Crippen molar-refractivity contribution in [2.75, 3.05) is 51.9 Å². The molecule has 0 spiro atoms. The van der Waals surface area contributed by atoms with Crippen LogP contribution in [0.5, 0.6) is 17.2 Å². The van der Waals surface area contributed by atoms with Crippen LogP contribution in [0.4, 0.5) is 5.69 Å². The molecule has 2 fully saturated rings. The van der Waals surface area contributed by atoms with E-state index in [0.717, 1.165) is 68.7 Å². The SMILES string of the molecule is COc1ccc2c(c1)CCC(c1ccc(OC)cc1N(Cc1ccc(OCCN3CCCCC3)cc1)CC1CC1)C2. The highest BCUT2D eigenvalue weighted by Crippen LogP contribution is 2.42. The highest BCUT2D eigenvalue weighted by molar-refractivity contribution is 5.60. The fraction of sp³-hybridized carbons (Fsp3) is 0.500. The van der Waals surface area contributed by atoms with Crippen molar-refractivity contribution in [1.29, 1.82) is 0 Å². The van der Waals surface area contributed by atoms with Crippen LogP contribution in [0, 0.1) is 5.92 Å². The molecule has 0 radical (unpaired) electrons. The smallest absolute Gasteiger partial charge is 0.120 e. The van der Waals surface area contributed by atoms with E-state index in [2.05, 4.69) is 70.5 Å². The number of rotatable bonds is 12. The topological polar surface area (TPSA) is 34.2 Å². The number of aryl methyl sites for hydroxylation is 1. The van der Waals surface area contributed by atoms with E-state index in [1.807, 2.05) is 0 Å². The van der Waals surface area contributed by atoms with Crippen LogP contribution in [0.15, 0.2) is 60.7 Å². The monoisotopic (exact) mass is 554 g/mol. The van der Waals surface area contributed by atoms with Gasteiger partial charge >= 0.3 is 0 Å². The number of hydrogen-bond acceptors (Lipinski definition) is 5. The highest BCUT2D eigenvalue weighted by Gasteiger charge is 2.29. The zero-order valence-electron chi connectivity index (χ0n) is 24.9. The second kappa shape index (κ2) is 13.2. The second-order valence-corrected chi connectivity index (χ2v) is 12.2. The van der Waals surface area contributed by atoms with Crippen LogP contribution in [-0.2, 0) is 19.4 Å². The molecule has 0 bridgehead atoms. The second-order valence-electron chi connectivity index (χ2n) is 12.2. The third-order valence-corrected chi connectivity index (χ3v) is 9.26. The molecule has 3 aromatic carbocycles. The molecule has 3 aliphatic rings. The Labute approximate surface area is 246 Å². The van der Waals surface area contributed by atoms with Crippen molar-refractivity contribution in [2.24, 2.45) is 5.92 Å². The largest absolute Gasteiger partial charge is 0.497 e. The number of hydrogen-bond donors (Lipinski definition) is 0. The highest BCUT2D eigenvalue weighted by atomic mass is 16.5. The normalized spacial score (nSPS) is 18.9. The third-order valence-electron chi connectivity index (χ3n) is 9.26. The number of anilines is 1. The van der Waals surface area contributed by atoms with Crippen molar-refractivity contribution in [2.45, 2.75) is 63.8 Å². The fourth-order valence-electron chi connectivity index (χ4n) is 6.64. The average Bonchev–Trinajstić information content (AvgIpc) is 3.85. The molecule has 2 aliphatic carbocycles. The predicted octanol–water partition coefficient (Wildman–Crippen LogP) is 7.26. The number of fused-ring (bicyclic) bond motifs is 1. The summed E-state index contributed by atoms with van der Waals surface area (Å²) in [5, 5.41) is 0. The molecule has 218 valence electrons. The van der Waals surface area contributed by atoms with E-state index in [-0.39, 0.29) is 0 Å². The van der Waals surface area contributed by atoms with E-state index in [4.69, 9.17) is 14.2 Å². The standard InChI is InChI=1S/C36H46N2O3/c1-39-33-15-12-29-22-31(11-10-30(29)23-33)35-17-16-34(40-2)24-36(35)38(25-27-6-7-27)26-28-8-13-32(14-9-28)41-21-20-37-18-4-3-5-19-37/h8-9,12-17,23-24,27,31H,3-7,10-11,18-22,25-26H2,1-2H3. The quantitative estimate of drug-likeness (QED) is 0.235. The van der Waals surface area contributed by atoms with Gasteiger partial charge in [-0.2, -0.15) is 0 Å². The van der Waals surface area contributed by atoms with E-state index in [9.17, 15) is 0 Å². The molecule has 6 rings (SSSR count). The van der Waals surface area contributed by atoms with Crippen molar-refractivity contribution in [3.63, 3.8) is 0 Å². The molecule has 1 saturated heterocycles. The fourth-order valence-corrected chi connectivity index (χ4v) is 6.64. The summed E-state index contributed by atoms with van der Waals surface area (Å²) in [5.41, 5.74) is 6.99. The number of ether oxygens (including phenoxy) is 3. The maximum atomic E-state index is 6.12. The number of nitrogens with zero attached hydrogens (tertiary/aromatic N) is 2. The Bertz CT molecular complexity index is 1280. The molecule has 1 saturated carbocycles. The van der Waals surface area contributed by atoms with Gasteiger partial charge in [-0.25, -0.2) is 0 Å². The third kappa shape index (κ3) is 7.19. The Morgan fingerprint density at radius 1 is 0.780 bits per heavy atom. The summed E-state index contributed by atoms with van der Waals surface area (Å²) in [6.07, 6.45) is 9.99. The maximum Gasteiger partial charge on any atom is 0.120 e. The van der Waals surface area contributed by atoms with Gasteiger partial charge in [0.2, 0.25) is 0 Å². The summed E-state index contributed by atoms with van der Waals surface area (Å²) < 4.78 is 17.3. The number of likely N-dealkylation sites (tertiary alicyclic amines) is 1. The van der Waals surface area contributed by atoms with E-state index >= 15 is 0 Å². The van der Waals surface area contributed by atoms with Crippen LogP contribution >= 0.6 is 0 Å². The first-order chi connectivity index (χ1) is 20.2. The predicted molar refractivity (Wildman–Crippen MR) is 167 cm³/mol. The van der Waals surface area contributed by atoms with E-state index in [0.29, 0.717) is 5.92 Å². The van der Waals surface area contributed by atoms with Gasteiger partial charge in [-0.05, 0) is 122 Å². The molecule has 3 aromatic rings. The Morgan fingerprint density at radius 3 is 2.27 bits per heavy atom. The zero-order valence-corrected chi connectivity index (χ0v) is 24.9. The van der Waals surface area contributed by atoms with Crippen molar-refractivity contribution >= 4 is 5.69 Å². The number of benzene rings is 3. The van der Waals surface area contributed by atoms with Crippen LogP contribution in [0.3, 0.4) is 0 Å². The minimum atomic E-state index is 0.495. The van der Waals surface area contributed by atoms with Gasteiger partial charge in [0, 0.05) is 31.4 Å². The van der Waals surface area contributed by atoms with Crippen LogP contribution in [0.2, 0.25) is 0 Å². The molecular weight excluding hydrogens is 508 g/mol. The van der Waals surface area contributed by atoms with Crippen LogP contribution in [0.1, 0.15) is 66.7 Å². The lowest BCUT2D eigenvalue weighted by Gasteiger charge is -2.33. The minimum absolute atomic E-state index is 0.495. The minimum Gasteiger partial charge on any atom is -0.497 e. The summed E-state index contributed by atoms with van der Waals surface area (Å²) in [6.45, 7) is 6.20. The van der Waals surface area contributed by atoms with Gasteiger partial charge in [0.1, 0.15) is 23.9 Å². The first-order valence-corrected chi connectivity index (χ1v) is 15.7. The van der Waals surface area contributed by atoms with Crippen LogP contribution < -0.4 is 19.1 Å². The van der Waals surface area contributed by atoms with Crippen LogP contribution in [0.25, 0.3) is 0 Å². The first-order valence-electron chi connectivity index (χ1n) is 15.7. The van der Waals surface area contributed by atoms with Crippen LogP contribution in [-0.4, -0.2) is 51.9 Å². The molecule has 1 heterocycles. The lowest BCUT2D eigenvalue weighted by molar-refractivity contribution is 0.183. The molecule has 1 unspecified atom stereocenters.